The molecule has 1 aliphatic rings. The molecule has 1 atom stereocenters. The molecule has 9 nitrogen and oxygen atoms in total. The van der Waals surface area contributed by atoms with Gasteiger partial charge in [0.15, 0.2) is 11.5 Å². The third kappa shape index (κ3) is 4.81. The van der Waals surface area contributed by atoms with Crippen molar-refractivity contribution in [2.45, 2.75) is 19.9 Å². The van der Waals surface area contributed by atoms with Crippen molar-refractivity contribution >= 4 is 17.5 Å². The van der Waals surface area contributed by atoms with E-state index < -0.39 is 10.8 Å². The standard InChI is InChI=1S/C20H21N3O6/c1-12-3-4-15(9-16(12)23(26)27)20(25)21-11-19(24)22-13(2)14-5-6-17-18(10-14)29-8-7-28-17/h3-6,9-10,13H,7-8,11H2,1-2H3,(H,21,25)(H,22,24)/t13-/m0/s1. The van der Waals surface area contributed by atoms with Crippen LogP contribution < -0.4 is 20.1 Å². The first kappa shape index (κ1) is 20.1. The minimum atomic E-state index is -0.560. The van der Waals surface area contributed by atoms with E-state index in [1.165, 1.54) is 18.2 Å². The lowest BCUT2D eigenvalue weighted by Gasteiger charge is -2.21. The van der Waals surface area contributed by atoms with E-state index in [1.807, 2.05) is 19.1 Å². The van der Waals surface area contributed by atoms with E-state index in [9.17, 15) is 19.7 Å². The summed E-state index contributed by atoms with van der Waals surface area (Å²) < 4.78 is 11.0. The van der Waals surface area contributed by atoms with Crippen molar-refractivity contribution in [2.75, 3.05) is 19.8 Å². The zero-order valence-electron chi connectivity index (χ0n) is 16.1. The van der Waals surface area contributed by atoms with Gasteiger partial charge >= 0.3 is 0 Å². The van der Waals surface area contributed by atoms with Crippen LogP contribution in [-0.4, -0.2) is 36.5 Å². The zero-order valence-corrected chi connectivity index (χ0v) is 16.1. The predicted octanol–water partition coefficient (Wildman–Crippen LogP) is 2.28. The Morgan fingerprint density at radius 3 is 2.59 bits per heavy atom. The molecule has 0 aromatic heterocycles. The van der Waals surface area contributed by atoms with Crippen LogP contribution in [0.1, 0.15) is 34.5 Å². The molecule has 0 radical (unpaired) electrons. The van der Waals surface area contributed by atoms with Gasteiger partial charge in [-0.3, -0.25) is 19.7 Å². The Balaban J connectivity index is 1.56. The topological polar surface area (TPSA) is 120 Å². The summed E-state index contributed by atoms with van der Waals surface area (Å²) >= 11 is 0. The summed E-state index contributed by atoms with van der Waals surface area (Å²) in [5.41, 5.74) is 1.27. The summed E-state index contributed by atoms with van der Waals surface area (Å²) in [5, 5.41) is 16.3. The Hall–Kier alpha value is -3.62. The van der Waals surface area contributed by atoms with Crippen molar-refractivity contribution in [3.63, 3.8) is 0 Å². The van der Waals surface area contributed by atoms with Crippen LogP contribution in [0.3, 0.4) is 0 Å². The largest absolute Gasteiger partial charge is 0.486 e. The Bertz CT molecular complexity index is 959. The molecule has 2 amide bonds. The highest BCUT2D eigenvalue weighted by Crippen LogP contribution is 2.32. The van der Waals surface area contributed by atoms with E-state index in [4.69, 9.17) is 9.47 Å². The van der Waals surface area contributed by atoms with Crippen LogP contribution in [0.4, 0.5) is 5.69 Å². The molecule has 0 saturated carbocycles. The molecule has 0 spiro atoms. The van der Waals surface area contributed by atoms with Gasteiger partial charge in [-0.05, 0) is 37.6 Å². The number of amides is 2. The summed E-state index contributed by atoms with van der Waals surface area (Å²) in [6, 6.07) is 9.30. The molecule has 0 saturated heterocycles. The van der Waals surface area contributed by atoms with Gasteiger partial charge in [0.25, 0.3) is 11.6 Å². The van der Waals surface area contributed by atoms with Crippen LogP contribution in [0.5, 0.6) is 11.5 Å². The second-order valence-electron chi connectivity index (χ2n) is 6.63. The maximum absolute atomic E-state index is 12.2. The molecule has 2 aromatic carbocycles. The molecular weight excluding hydrogens is 378 g/mol. The Labute approximate surface area is 167 Å². The van der Waals surface area contributed by atoms with Gasteiger partial charge in [-0.15, -0.1) is 0 Å². The highest BCUT2D eigenvalue weighted by atomic mass is 16.6. The number of nitrogens with zero attached hydrogens (tertiary/aromatic N) is 1. The smallest absolute Gasteiger partial charge is 0.273 e. The van der Waals surface area contributed by atoms with Crippen molar-refractivity contribution in [3.05, 3.63) is 63.2 Å². The van der Waals surface area contributed by atoms with E-state index in [2.05, 4.69) is 10.6 Å². The lowest BCUT2D eigenvalue weighted by molar-refractivity contribution is -0.385. The quantitative estimate of drug-likeness (QED) is 0.568. The Morgan fingerprint density at radius 1 is 1.14 bits per heavy atom. The van der Waals surface area contributed by atoms with Crippen LogP contribution in [0.2, 0.25) is 0 Å². The number of benzene rings is 2. The molecule has 1 aliphatic heterocycles. The summed E-state index contributed by atoms with van der Waals surface area (Å²) in [4.78, 5) is 34.9. The molecule has 0 fully saturated rings. The number of nitro groups is 1. The van der Waals surface area contributed by atoms with Gasteiger partial charge in [-0.1, -0.05) is 12.1 Å². The highest BCUT2D eigenvalue weighted by Gasteiger charge is 2.18. The molecule has 152 valence electrons. The fraction of sp³-hybridized carbons (Fsp3) is 0.300. The van der Waals surface area contributed by atoms with Gasteiger partial charge in [0, 0.05) is 17.2 Å². The summed E-state index contributed by atoms with van der Waals surface area (Å²) in [6.45, 7) is 4.12. The number of hydrogen-bond donors (Lipinski definition) is 2. The van der Waals surface area contributed by atoms with Gasteiger partial charge in [-0.2, -0.15) is 0 Å². The first-order chi connectivity index (χ1) is 13.8. The lowest BCUT2D eigenvalue weighted by atomic mass is 10.1. The third-order valence-corrected chi connectivity index (χ3v) is 4.52. The van der Waals surface area contributed by atoms with Gasteiger partial charge in [0.05, 0.1) is 17.5 Å². The Kier molecular flexibility index (Phi) is 5.96. The van der Waals surface area contributed by atoms with Crippen LogP contribution in [0, 0.1) is 17.0 Å². The minimum absolute atomic E-state index is 0.120. The van der Waals surface area contributed by atoms with Crippen molar-refractivity contribution in [2.24, 2.45) is 0 Å². The molecule has 2 aromatic rings. The van der Waals surface area contributed by atoms with Crippen LogP contribution >= 0.6 is 0 Å². The van der Waals surface area contributed by atoms with Crippen molar-refractivity contribution in [1.82, 2.24) is 10.6 Å². The number of carbonyl (C=O) groups excluding carboxylic acids is 2. The molecule has 9 heteroatoms. The fourth-order valence-electron chi connectivity index (χ4n) is 2.92. The minimum Gasteiger partial charge on any atom is -0.486 e. The van der Waals surface area contributed by atoms with E-state index in [-0.39, 0.29) is 29.7 Å². The number of fused-ring (bicyclic) bond motifs is 1. The van der Waals surface area contributed by atoms with Gasteiger partial charge in [-0.25, -0.2) is 0 Å². The molecule has 0 unspecified atom stereocenters. The average molecular weight is 399 g/mol. The first-order valence-electron chi connectivity index (χ1n) is 9.07. The number of aryl methyl sites for hydroxylation is 1. The summed E-state index contributed by atoms with van der Waals surface area (Å²) in [7, 11) is 0. The Morgan fingerprint density at radius 2 is 1.86 bits per heavy atom. The highest BCUT2D eigenvalue weighted by molar-refractivity contribution is 5.97. The summed E-state index contributed by atoms with van der Waals surface area (Å²) in [5.74, 6) is 0.347. The van der Waals surface area contributed by atoms with Gasteiger partial charge in [0.2, 0.25) is 5.91 Å². The number of nitrogens with one attached hydrogen (secondary N) is 2. The molecule has 29 heavy (non-hydrogen) atoms. The third-order valence-electron chi connectivity index (χ3n) is 4.52. The van der Waals surface area contributed by atoms with E-state index >= 15 is 0 Å². The molecule has 1 heterocycles. The van der Waals surface area contributed by atoms with Crippen molar-refractivity contribution < 1.29 is 24.0 Å². The van der Waals surface area contributed by atoms with Crippen LogP contribution in [-0.2, 0) is 4.79 Å². The predicted molar refractivity (Wildman–Crippen MR) is 104 cm³/mol. The van der Waals surface area contributed by atoms with Crippen LogP contribution in [0.15, 0.2) is 36.4 Å². The number of carbonyl (C=O) groups is 2. The SMILES string of the molecule is Cc1ccc(C(=O)NCC(=O)N[C@@H](C)c2ccc3c(c2)OCCO3)cc1[N+](=O)[O-]. The molecule has 0 aliphatic carbocycles. The van der Waals surface area contributed by atoms with E-state index in [0.717, 1.165) is 5.56 Å². The van der Waals surface area contributed by atoms with Crippen molar-refractivity contribution in [1.29, 1.82) is 0 Å². The maximum Gasteiger partial charge on any atom is 0.273 e. The second kappa shape index (κ2) is 8.59. The second-order valence-corrected chi connectivity index (χ2v) is 6.63. The summed E-state index contributed by atoms with van der Waals surface area (Å²) in [6.07, 6.45) is 0. The van der Waals surface area contributed by atoms with E-state index in [0.29, 0.717) is 30.3 Å². The van der Waals surface area contributed by atoms with Gasteiger partial charge < -0.3 is 20.1 Å². The van der Waals surface area contributed by atoms with Gasteiger partial charge in [0.1, 0.15) is 13.2 Å². The van der Waals surface area contributed by atoms with E-state index in [1.54, 1.807) is 13.0 Å². The number of nitro benzene ring substituents is 1. The maximum atomic E-state index is 12.2. The van der Waals surface area contributed by atoms with Crippen molar-refractivity contribution in [3.8, 4) is 11.5 Å². The lowest BCUT2D eigenvalue weighted by Crippen LogP contribution is -2.38. The first-order valence-corrected chi connectivity index (χ1v) is 9.07. The molecule has 2 N–H and O–H groups in total. The van der Waals surface area contributed by atoms with Crippen LogP contribution in [0.25, 0.3) is 0 Å². The zero-order chi connectivity index (χ0) is 21.0. The fourth-order valence-corrected chi connectivity index (χ4v) is 2.92. The number of hydrogen-bond acceptors (Lipinski definition) is 6. The monoisotopic (exact) mass is 399 g/mol. The normalized spacial score (nSPS) is 13.3. The average Bonchev–Trinajstić information content (AvgIpc) is 2.71. The molecule has 0 bridgehead atoms. The number of rotatable bonds is 6. The molecular formula is C20H21N3O6. The number of ether oxygens (including phenoxy) is 2. The molecule has 3 rings (SSSR count).